The van der Waals surface area contributed by atoms with Crippen LogP contribution in [0, 0.1) is 0 Å². The molecular formula is C15H19F3N2O. The zero-order valence-electron chi connectivity index (χ0n) is 11.7. The van der Waals surface area contributed by atoms with Gasteiger partial charge in [0.2, 0.25) is 5.91 Å². The smallest absolute Gasteiger partial charge is 0.368 e. The van der Waals surface area contributed by atoms with E-state index in [9.17, 15) is 18.0 Å². The highest BCUT2D eigenvalue weighted by molar-refractivity contribution is 5.80. The molecule has 0 unspecified atom stereocenters. The summed E-state index contributed by atoms with van der Waals surface area (Å²) in [5, 5.41) is 0. The van der Waals surface area contributed by atoms with Crippen LogP contribution in [-0.4, -0.2) is 29.9 Å². The van der Waals surface area contributed by atoms with Crippen LogP contribution in [0.4, 0.5) is 13.2 Å². The van der Waals surface area contributed by atoms with Crippen molar-refractivity contribution in [1.29, 1.82) is 0 Å². The number of benzene rings is 1. The highest BCUT2D eigenvalue weighted by atomic mass is 19.4. The molecule has 0 aromatic heterocycles. The van der Waals surface area contributed by atoms with Crippen molar-refractivity contribution >= 4 is 5.91 Å². The molecule has 2 N–H and O–H groups in total. The molecule has 0 aliphatic carbocycles. The van der Waals surface area contributed by atoms with Crippen molar-refractivity contribution in [2.45, 2.75) is 37.9 Å². The van der Waals surface area contributed by atoms with E-state index in [1.54, 1.807) is 0 Å². The summed E-state index contributed by atoms with van der Waals surface area (Å²) in [6.45, 7) is 1.61. The summed E-state index contributed by atoms with van der Waals surface area (Å²) in [6.07, 6.45) is -1.03. The second kappa shape index (κ2) is 6.47. The van der Waals surface area contributed by atoms with E-state index in [2.05, 4.69) is 4.90 Å². The van der Waals surface area contributed by atoms with Gasteiger partial charge < -0.3 is 5.73 Å². The maximum Gasteiger partial charge on any atom is 0.416 e. The second-order valence-electron chi connectivity index (χ2n) is 5.39. The molecule has 1 fully saturated rings. The van der Waals surface area contributed by atoms with Crippen molar-refractivity contribution in [2.75, 3.05) is 13.1 Å². The number of nitrogens with two attached hydrogens (primary N) is 1. The van der Waals surface area contributed by atoms with Crippen LogP contribution >= 0.6 is 0 Å². The van der Waals surface area contributed by atoms with E-state index in [1.807, 2.05) is 0 Å². The molecule has 1 heterocycles. The number of alkyl halides is 3. The molecule has 2 rings (SSSR count). The van der Waals surface area contributed by atoms with E-state index in [0.717, 1.165) is 50.0 Å². The molecule has 1 aromatic carbocycles. The lowest BCUT2D eigenvalue weighted by Gasteiger charge is -2.21. The maximum absolute atomic E-state index is 12.4. The van der Waals surface area contributed by atoms with E-state index in [4.69, 9.17) is 5.73 Å². The molecule has 116 valence electrons. The number of amides is 1. The van der Waals surface area contributed by atoms with Gasteiger partial charge in [-0.2, -0.15) is 13.2 Å². The number of aryl methyl sites for hydroxylation is 1. The van der Waals surface area contributed by atoms with Crippen LogP contribution < -0.4 is 5.73 Å². The Bertz CT molecular complexity index is 485. The molecule has 0 bridgehead atoms. The topological polar surface area (TPSA) is 46.3 Å². The summed E-state index contributed by atoms with van der Waals surface area (Å²) in [6, 6.07) is 5.06. The van der Waals surface area contributed by atoms with Crippen LogP contribution in [-0.2, 0) is 17.4 Å². The molecule has 1 saturated heterocycles. The normalized spacial score (nSPS) is 19.9. The third-order valence-corrected chi connectivity index (χ3v) is 3.88. The van der Waals surface area contributed by atoms with Gasteiger partial charge in [0.25, 0.3) is 0 Å². The van der Waals surface area contributed by atoms with Gasteiger partial charge in [0.15, 0.2) is 0 Å². The van der Waals surface area contributed by atoms with Gasteiger partial charge in [0, 0.05) is 0 Å². The Kier molecular flexibility index (Phi) is 4.88. The first-order valence-electron chi connectivity index (χ1n) is 7.07. The molecular weight excluding hydrogens is 281 g/mol. The number of nitrogens with zero attached hydrogens (tertiary/aromatic N) is 1. The van der Waals surface area contributed by atoms with Crippen LogP contribution in [0.5, 0.6) is 0 Å². The second-order valence-corrected chi connectivity index (χ2v) is 5.39. The molecule has 1 aliphatic rings. The number of likely N-dealkylation sites (tertiary alicyclic amines) is 1. The van der Waals surface area contributed by atoms with Crippen LogP contribution in [0.15, 0.2) is 24.3 Å². The lowest BCUT2D eigenvalue weighted by Crippen LogP contribution is -2.40. The highest BCUT2D eigenvalue weighted by Gasteiger charge is 2.30. The summed E-state index contributed by atoms with van der Waals surface area (Å²) < 4.78 is 37.3. The van der Waals surface area contributed by atoms with Gasteiger partial charge in [0.1, 0.15) is 0 Å². The van der Waals surface area contributed by atoms with E-state index in [1.165, 1.54) is 12.1 Å². The summed E-state index contributed by atoms with van der Waals surface area (Å²) in [5.74, 6) is -0.290. The zero-order chi connectivity index (χ0) is 15.5. The summed E-state index contributed by atoms with van der Waals surface area (Å²) in [7, 11) is 0. The van der Waals surface area contributed by atoms with Crippen molar-refractivity contribution in [3.8, 4) is 0 Å². The lowest BCUT2D eigenvalue weighted by molar-refractivity contribution is -0.137. The Morgan fingerprint density at radius 3 is 2.52 bits per heavy atom. The third-order valence-electron chi connectivity index (χ3n) is 3.88. The van der Waals surface area contributed by atoms with Gasteiger partial charge in [-0.05, 0) is 56.5 Å². The van der Waals surface area contributed by atoms with Crippen LogP contribution in [0.3, 0.4) is 0 Å². The first-order chi connectivity index (χ1) is 9.88. The average Bonchev–Trinajstić information content (AvgIpc) is 2.87. The minimum Gasteiger partial charge on any atom is -0.368 e. The van der Waals surface area contributed by atoms with Crippen LogP contribution in [0.25, 0.3) is 0 Å². The SMILES string of the molecule is NC(=O)[C@H]1CCCN1CCCc1ccc(C(F)(F)F)cc1. The number of rotatable bonds is 5. The largest absolute Gasteiger partial charge is 0.416 e. The van der Waals surface area contributed by atoms with Gasteiger partial charge in [-0.1, -0.05) is 12.1 Å². The molecule has 1 atom stereocenters. The molecule has 0 spiro atoms. The third kappa shape index (κ3) is 4.20. The van der Waals surface area contributed by atoms with Crippen molar-refractivity contribution in [2.24, 2.45) is 5.73 Å². The van der Waals surface area contributed by atoms with Gasteiger partial charge >= 0.3 is 6.18 Å². The number of carbonyl (C=O) groups excluding carboxylic acids is 1. The quantitative estimate of drug-likeness (QED) is 0.908. The Morgan fingerprint density at radius 1 is 1.29 bits per heavy atom. The molecule has 0 radical (unpaired) electrons. The Hall–Kier alpha value is -1.56. The van der Waals surface area contributed by atoms with Gasteiger partial charge in [-0.25, -0.2) is 0 Å². The van der Waals surface area contributed by atoms with Crippen LogP contribution in [0.1, 0.15) is 30.4 Å². The summed E-state index contributed by atoms with van der Waals surface area (Å²) in [5.41, 5.74) is 5.59. The number of hydrogen-bond acceptors (Lipinski definition) is 2. The van der Waals surface area contributed by atoms with E-state index < -0.39 is 11.7 Å². The fourth-order valence-electron chi connectivity index (χ4n) is 2.76. The summed E-state index contributed by atoms with van der Waals surface area (Å²) in [4.78, 5) is 13.3. The minimum absolute atomic E-state index is 0.183. The molecule has 0 saturated carbocycles. The molecule has 1 aromatic rings. The molecule has 1 amide bonds. The number of halogens is 3. The van der Waals surface area contributed by atoms with Crippen molar-refractivity contribution in [1.82, 2.24) is 4.90 Å². The molecule has 6 heteroatoms. The van der Waals surface area contributed by atoms with Gasteiger partial charge in [-0.3, -0.25) is 9.69 Å². The average molecular weight is 300 g/mol. The fraction of sp³-hybridized carbons (Fsp3) is 0.533. The Morgan fingerprint density at radius 2 is 1.95 bits per heavy atom. The molecule has 3 nitrogen and oxygen atoms in total. The lowest BCUT2D eigenvalue weighted by atomic mass is 10.1. The number of hydrogen-bond donors (Lipinski definition) is 1. The van der Waals surface area contributed by atoms with Crippen molar-refractivity contribution in [3.63, 3.8) is 0 Å². The fourth-order valence-corrected chi connectivity index (χ4v) is 2.76. The van der Waals surface area contributed by atoms with Crippen molar-refractivity contribution in [3.05, 3.63) is 35.4 Å². The first kappa shape index (κ1) is 15.8. The van der Waals surface area contributed by atoms with Gasteiger partial charge in [-0.15, -0.1) is 0 Å². The minimum atomic E-state index is -4.29. The Labute approximate surface area is 121 Å². The van der Waals surface area contributed by atoms with Crippen molar-refractivity contribution < 1.29 is 18.0 Å². The first-order valence-corrected chi connectivity index (χ1v) is 7.07. The predicted octanol–water partition coefficient (Wildman–Crippen LogP) is 2.59. The standard InChI is InChI=1S/C15H19F3N2O/c16-15(17,18)12-7-5-11(6-8-12)3-1-9-20-10-2-4-13(20)14(19)21/h5-8,13H,1-4,9-10H2,(H2,19,21)/t13-/m1/s1. The summed E-state index contributed by atoms with van der Waals surface area (Å²) >= 11 is 0. The van der Waals surface area contributed by atoms with E-state index in [0.29, 0.717) is 6.42 Å². The monoisotopic (exact) mass is 300 g/mol. The maximum atomic E-state index is 12.4. The zero-order valence-corrected chi connectivity index (χ0v) is 11.7. The van der Waals surface area contributed by atoms with E-state index in [-0.39, 0.29) is 11.9 Å². The van der Waals surface area contributed by atoms with Crippen LogP contribution in [0.2, 0.25) is 0 Å². The van der Waals surface area contributed by atoms with Gasteiger partial charge in [0.05, 0.1) is 11.6 Å². The molecule has 1 aliphatic heterocycles. The highest BCUT2D eigenvalue weighted by Crippen LogP contribution is 2.29. The number of carbonyl (C=O) groups is 1. The van der Waals surface area contributed by atoms with E-state index >= 15 is 0 Å². The molecule has 21 heavy (non-hydrogen) atoms. The Balaban J connectivity index is 1.82. The number of primary amides is 1. The predicted molar refractivity (Wildman–Crippen MR) is 73.6 cm³/mol.